The van der Waals surface area contributed by atoms with Crippen molar-refractivity contribution in [1.29, 1.82) is 0 Å². The van der Waals surface area contributed by atoms with Gasteiger partial charge in [-0.25, -0.2) is 4.79 Å². The van der Waals surface area contributed by atoms with Crippen molar-refractivity contribution in [3.8, 4) is 5.75 Å². The van der Waals surface area contributed by atoms with Gasteiger partial charge in [0.15, 0.2) is 0 Å². The molecule has 2 N–H and O–H groups in total. The summed E-state index contributed by atoms with van der Waals surface area (Å²) in [6.07, 6.45) is 2.67. The molecule has 2 aromatic carbocycles. The Kier molecular flexibility index (Phi) is 6.88. The van der Waals surface area contributed by atoms with Gasteiger partial charge in [0.2, 0.25) is 5.91 Å². The lowest BCUT2D eigenvalue weighted by atomic mass is 9.75. The zero-order valence-corrected chi connectivity index (χ0v) is 16.9. The fraction of sp³-hybridized carbons (Fsp3) is 0.391. The van der Waals surface area contributed by atoms with Crippen molar-refractivity contribution in [2.45, 2.75) is 37.8 Å². The van der Waals surface area contributed by atoms with Crippen LogP contribution in [0.25, 0.3) is 0 Å². The van der Waals surface area contributed by atoms with Crippen LogP contribution in [0.2, 0.25) is 0 Å². The zero-order valence-electron chi connectivity index (χ0n) is 16.9. The summed E-state index contributed by atoms with van der Waals surface area (Å²) in [6, 6.07) is 16.6. The van der Waals surface area contributed by atoms with Crippen molar-refractivity contribution in [1.82, 2.24) is 10.6 Å². The monoisotopic (exact) mass is 396 g/mol. The molecule has 0 aromatic heterocycles. The average molecular weight is 396 g/mol. The number of ether oxygens (including phenoxy) is 2. The first kappa shape index (κ1) is 20.9. The number of carbonyl (C=O) groups excluding carboxylic acids is 2. The lowest BCUT2D eigenvalue weighted by Gasteiger charge is -2.41. The highest BCUT2D eigenvalue weighted by Crippen LogP contribution is 2.32. The highest BCUT2D eigenvalue weighted by Gasteiger charge is 2.43. The van der Waals surface area contributed by atoms with Gasteiger partial charge in [-0.2, -0.15) is 0 Å². The molecule has 0 heterocycles. The van der Waals surface area contributed by atoms with E-state index in [0.29, 0.717) is 18.7 Å². The Morgan fingerprint density at radius 3 is 2.34 bits per heavy atom. The van der Waals surface area contributed by atoms with E-state index in [1.165, 1.54) is 7.11 Å². The third kappa shape index (κ3) is 5.15. The molecule has 2 aromatic rings. The number of rotatable bonds is 9. The van der Waals surface area contributed by atoms with E-state index in [4.69, 9.17) is 9.47 Å². The number of amides is 1. The van der Waals surface area contributed by atoms with Gasteiger partial charge in [-0.3, -0.25) is 10.1 Å². The Balaban J connectivity index is 1.51. The molecule has 0 radical (unpaired) electrons. The van der Waals surface area contributed by atoms with Crippen LogP contribution in [0.15, 0.2) is 54.6 Å². The Bertz CT molecular complexity index is 817. The van der Waals surface area contributed by atoms with Crippen LogP contribution in [0.4, 0.5) is 0 Å². The van der Waals surface area contributed by atoms with Crippen LogP contribution in [0.5, 0.6) is 5.75 Å². The van der Waals surface area contributed by atoms with E-state index in [9.17, 15) is 9.59 Å². The number of para-hydroxylation sites is 1. The fourth-order valence-electron chi connectivity index (χ4n) is 3.43. The van der Waals surface area contributed by atoms with Crippen molar-refractivity contribution in [2.24, 2.45) is 0 Å². The zero-order chi connectivity index (χ0) is 20.7. The van der Waals surface area contributed by atoms with Crippen LogP contribution < -0.4 is 15.4 Å². The second-order valence-electron chi connectivity index (χ2n) is 7.33. The standard InChI is InChI=1S/C23H28N2O4/c1-17(18-9-11-19(12-10-18)21(26)28-2)25-22(27)23(13-6-14-23)24-15-16-29-20-7-4-3-5-8-20/h3-5,7-12,17,24H,6,13-16H2,1-2H3,(H,25,27). The summed E-state index contributed by atoms with van der Waals surface area (Å²) in [4.78, 5) is 24.5. The number of benzene rings is 2. The van der Waals surface area contributed by atoms with Gasteiger partial charge in [0.05, 0.1) is 24.3 Å². The van der Waals surface area contributed by atoms with Crippen molar-refractivity contribution < 1.29 is 19.1 Å². The first-order valence-corrected chi connectivity index (χ1v) is 9.96. The molecule has 6 heteroatoms. The third-order valence-corrected chi connectivity index (χ3v) is 5.40. The van der Waals surface area contributed by atoms with E-state index in [1.54, 1.807) is 12.1 Å². The van der Waals surface area contributed by atoms with Crippen LogP contribution in [-0.2, 0) is 9.53 Å². The lowest BCUT2D eigenvalue weighted by Crippen LogP contribution is -2.62. The van der Waals surface area contributed by atoms with Crippen LogP contribution in [-0.4, -0.2) is 37.7 Å². The van der Waals surface area contributed by atoms with Gasteiger partial charge in [0.1, 0.15) is 12.4 Å². The van der Waals surface area contributed by atoms with E-state index in [1.807, 2.05) is 49.4 Å². The molecule has 0 aliphatic heterocycles. The van der Waals surface area contributed by atoms with Crippen LogP contribution >= 0.6 is 0 Å². The molecule has 1 aliphatic carbocycles. The van der Waals surface area contributed by atoms with Crippen molar-refractivity contribution in [2.75, 3.05) is 20.3 Å². The van der Waals surface area contributed by atoms with Gasteiger partial charge in [-0.1, -0.05) is 30.3 Å². The number of methoxy groups -OCH3 is 1. The van der Waals surface area contributed by atoms with E-state index < -0.39 is 5.54 Å². The molecule has 154 valence electrons. The van der Waals surface area contributed by atoms with Crippen LogP contribution in [0, 0.1) is 0 Å². The average Bonchev–Trinajstić information content (AvgIpc) is 2.72. The van der Waals surface area contributed by atoms with Crippen molar-refractivity contribution in [3.05, 3.63) is 65.7 Å². The quantitative estimate of drug-likeness (QED) is 0.503. The molecular weight excluding hydrogens is 368 g/mol. The Morgan fingerprint density at radius 1 is 1.07 bits per heavy atom. The molecule has 1 aliphatic rings. The summed E-state index contributed by atoms with van der Waals surface area (Å²) in [5, 5.41) is 6.49. The van der Waals surface area contributed by atoms with Crippen molar-refractivity contribution >= 4 is 11.9 Å². The smallest absolute Gasteiger partial charge is 0.337 e. The summed E-state index contributed by atoms with van der Waals surface area (Å²) < 4.78 is 10.4. The van der Waals surface area contributed by atoms with E-state index in [2.05, 4.69) is 10.6 Å². The summed E-state index contributed by atoms with van der Waals surface area (Å²) in [7, 11) is 1.36. The Labute approximate surface area is 171 Å². The summed E-state index contributed by atoms with van der Waals surface area (Å²) in [5.74, 6) is 0.460. The largest absolute Gasteiger partial charge is 0.492 e. The number of carbonyl (C=O) groups is 2. The van der Waals surface area contributed by atoms with Crippen LogP contribution in [0.1, 0.15) is 48.1 Å². The summed E-state index contributed by atoms with van der Waals surface area (Å²) >= 11 is 0. The number of esters is 1. The van der Waals surface area contributed by atoms with Crippen LogP contribution in [0.3, 0.4) is 0 Å². The van der Waals surface area contributed by atoms with Gasteiger partial charge in [0, 0.05) is 6.54 Å². The molecule has 6 nitrogen and oxygen atoms in total. The minimum Gasteiger partial charge on any atom is -0.492 e. The molecule has 0 bridgehead atoms. The molecule has 1 fully saturated rings. The maximum atomic E-state index is 12.9. The second-order valence-corrected chi connectivity index (χ2v) is 7.33. The molecular formula is C23H28N2O4. The second kappa shape index (κ2) is 9.56. The number of hydrogen-bond donors (Lipinski definition) is 2. The number of nitrogens with one attached hydrogen (secondary N) is 2. The predicted octanol–water partition coefficient (Wildman–Crippen LogP) is 3.24. The maximum absolute atomic E-state index is 12.9. The van der Waals surface area contributed by atoms with Gasteiger partial charge >= 0.3 is 5.97 Å². The molecule has 1 amide bonds. The summed E-state index contributed by atoms with van der Waals surface area (Å²) in [5.41, 5.74) is 0.901. The lowest BCUT2D eigenvalue weighted by molar-refractivity contribution is -0.131. The normalized spacial score (nSPS) is 15.7. The molecule has 1 saturated carbocycles. The Morgan fingerprint density at radius 2 is 1.76 bits per heavy atom. The summed E-state index contributed by atoms with van der Waals surface area (Å²) in [6.45, 7) is 3.05. The maximum Gasteiger partial charge on any atom is 0.337 e. The fourth-order valence-corrected chi connectivity index (χ4v) is 3.43. The first-order chi connectivity index (χ1) is 14.0. The van der Waals surface area contributed by atoms with Gasteiger partial charge in [-0.15, -0.1) is 0 Å². The first-order valence-electron chi connectivity index (χ1n) is 9.96. The third-order valence-electron chi connectivity index (χ3n) is 5.40. The Hall–Kier alpha value is -2.86. The van der Waals surface area contributed by atoms with E-state index in [-0.39, 0.29) is 17.9 Å². The molecule has 0 saturated heterocycles. The van der Waals surface area contributed by atoms with Gasteiger partial charge < -0.3 is 14.8 Å². The minimum absolute atomic E-state index is 0.00741. The predicted molar refractivity (Wildman–Crippen MR) is 111 cm³/mol. The number of hydrogen-bond acceptors (Lipinski definition) is 5. The van der Waals surface area contributed by atoms with Crippen molar-refractivity contribution in [3.63, 3.8) is 0 Å². The molecule has 3 rings (SSSR count). The topological polar surface area (TPSA) is 76.7 Å². The van der Waals surface area contributed by atoms with Gasteiger partial charge in [0.25, 0.3) is 0 Å². The molecule has 0 spiro atoms. The highest BCUT2D eigenvalue weighted by atomic mass is 16.5. The van der Waals surface area contributed by atoms with E-state index >= 15 is 0 Å². The molecule has 1 unspecified atom stereocenters. The molecule has 1 atom stereocenters. The minimum atomic E-state index is -0.528. The SMILES string of the molecule is COC(=O)c1ccc(C(C)NC(=O)C2(NCCOc3ccccc3)CCC2)cc1. The molecule has 29 heavy (non-hydrogen) atoms. The highest BCUT2D eigenvalue weighted by molar-refractivity contribution is 5.89. The van der Waals surface area contributed by atoms with E-state index in [0.717, 1.165) is 30.6 Å². The van der Waals surface area contributed by atoms with Gasteiger partial charge in [-0.05, 0) is 56.0 Å².